The third-order valence-corrected chi connectivity index (χ3v) is 2.33. The van der Waals surface area contributed by atoms with Gasteiger partial charge in [0.15, 0.2) is 0 Å². The smallest absolute Gasteiger partial charge is 0.280 e. The van der Waals surface area contributed by atoms with Gasteiger partial charge in [0.2, 0.25) is 0 Å². The zero-order valence-corrected chi connectivity index (χ0v) is 7.05. The molecule has 5 nitrogen and oxygen atoms in total. The Balaban J connectivity index is 3.62. The molecule has 0 aliphatic heterocycles. The highest BCUT2D eigenvalue weighted by Gasteiger charge is 2.16. The highest BCUT2D eigenvalue weighted by atomic mass is 32.2. The van der Waals surface area contributed by atoms with Gasteiger partial charge in [-0.25, -0.2) is 0 Å². The summed E-state index contributed by atoms with van der Waals surface area (Å²) < 4.78 is 29.1. The molecule has 0 aliphatic carbocycles. The van der Waals surface area contributed by atoms with E-state index in [0.717, 1.165) is 6.42 Å². The zero-order chi connectivity index (χ0) is 8.91. The number of nitrogens with two attached hydrogens (primary N) is 2. The SMILES string of the molecule is NCCCC[C@H](N)S(=O)(=O)O. The van der Waals surface area contributed by atoms with Crippen LogP contribution in [0.3, 0.4) is 0 Å². The maximum atomic E-state index is 10.3. The van der Waals surface area contributed by atoms with Crippen LogP contribution in [0.5, 0.6) is 0 Å². The third-order valence-electron chi connectivity index (χ3n) is 1.33. The van der Waals surface area contributed by atoms with Crippen LogP contribution in [0, 0.1) is 0 Å². The van der Waals surface area contributed by atoms with Crippen molar-refractivity contribution < 1.29 is 13.0 Å². The lowest BCUT2D eigenvalue weighted by molar-refractivity contribution is 0.460. The van der Waals surface area contributed by atoms with Gasteiger partial charge in [0.05, 0.1) is 0 Å². The van der Waals surface area contributed by atoms with Crippen molar-refractivity contribution in [1.29, 1.82) is 0 Å². The molecule has 1 atom stereocenters. The van der Waals surface area contributed by atoms with Gasteiger partial charge in [-0.05, 0) is 25.8 Å². The summed E-state index contributed by atoms with van der Waals surface area (Å²) in [5.41, 5.74) is 10.3. The van der Waals surface area contributed by atoms with Crippen molar-refractivity contribution in [3.63, 3.8) is 0 Å². The third kappa shape index (κ3) is 5.14. The standard InChI is InChI=1S/C5H14N2O3S/c6-4-2-1-3-5(7)11(8,9)10/h5H,1-4,6-7H2,(H,8,9,10)/t5-/m1/s1. The first-order valence-corrected chi connectivity index (χ1v) is 4.90. The second kappa shape index (κ2) is 4.66. The van der Waals surface area contributed by atoms with Gasteiger partial charge in [0, 0.05) is 0 Å². The van der Waals surface area contributed by atoms with Gasteiger partial charge in [-0.2, -0.15) is 8.42 Å². The summed E-state index contributed by atoms with van der Waals surface area (Å²) in [5.74, 6) is 0. The van der Waals surface area contributed by atoms with Crippen LogP contribution >= 0.6 is 0 Å². The fourth-order valence-corrected chi connectivity index (χ4v) is 1.10. The van der Waals surface area contributed by atoms with Gasteiger partial charge >= 0.3 is 0 Å². The Morgan fingerprint density at radius 3 is 2.27 bits per heavy atom. The monoisotopic (exact) mass is 182 g/mol. The first kappa shape index (κ1) is 10.8. The van der Waals surface area contributed by atoms with Crippen LogP contribution in [0.25, 0.3) is 0 Å². The number of hydrogen-bond donors (Lipinski definition) is 3. The van der Waals surface area contributed by atoms with E-state index in [1.807, 2.05) is 0 Å². The molecular formula is C5H14N2O3S. The second-order valence-corrected chi connectivity index (χ2v) is 3.97. The highest BCUT2D eigenvalue weighted by Crippen LogP contribution is 2.02. The predicted octanol–water partition coefficient (Wildman–Crippen LogP) is -0.712. The molecule has 0 unspecified atom stereocenters. The molecule has 0 amide bonds. The lowest BCUT2D eigenvalue weighted by atomic mass is 10.2. The van der Waals surface area contributed by atoms with Gasteiger partial charge in [-0.3, -0.25) is 4.55 Å². The molecule has 0 aromatic heterocycles. The minimum absolute atomic E-state index is 0.260. The van der Waals surface area contributed by atoms with E-state index in [-0.39, 0.29) is 6.42 Å². The second-order valence-electron chi connectivity index (χ2n) is 2.34. The number of unbranched alkanes of at least 4 members (excludes halogenated alkanes) is 1. The van der Waals surface area contributed by atoms with Crippen LogP contribution < -0.4 is 11.5 Å². The van der Waals surface area contributed by atoms with Crippen molar-refractivity contribution in [3.05, 3.63) is 0 Å². The van der Waals surface area contributed by atoms with Crippen molar-refractivity contribution in [2.24, 2.45) is 11.5 Å². The summed E-state index contributed by atoms with van der Waals surface area (Å²) in [7, 11) is -4.05. The first-order valence-electron chi connectivity index (χ1n) is 3.40. The first-order chi connectivity index (χ1) is 4.98. The van der Waals surface area contributed by atoms with Crippen LogP contribution in [0.15, 0.2) is 0 Å². The molecular weight excluding hydrogens is 168 g/mol. The van der Waals surface area contributed by atoms with Gasteiger partial charge in [-0.1, -0.05) is 0 Å². The van der Waals surface area contributed by atoms with Crippen LogP contribution in [-0.4, -0.2) is 24.9 Å². The van der Waals surface area contributed by atoms with E-state index in [0.29, 0.717) is 13.0 Å². The Morgan fingerprint density at radius 1 is 1.36 bits per heavy atom. The molecule has 0 spiro atoms. The molecule has 0 saturated heterocycles. The molecule has 11 heavy (non-hydrogen) atoms. The largest absolute Gasteiger partial charge is 0.330 e. The molecule has 0 heterocycles. The van der Waals surface area contributed by atoms with Crippen LogP contribution in [0.1, 0.15) is 19.3 Å². The molecule has 0 aromatic rings. The summed E-state index contributed by atoms with van der Waals surface area (Å²) in [6, 6.07) is 0. The van der Waals surface area contributed by atoms with Crippen molar-refractivity contribution in [2.75, 3.05) is 6.54 Å². The minimum Gasteiger partial charge on any atom is -0.330 e. The Morgan fingerprint density at radius 2 is 1.91 bits per heavy atom. The van der Waals surface area contributed by atoms with Gasteiger partial charge in [-0.15, -0.1) is 0 Å². The molecule has 5 N–H and O–H groups in total. The van der Waals surface area contributed by atoms with Crippen LogP contribution in [0.2, 0.25) is 0 Å². The molecule has 68 valence electrons. The van der Waals surface area contributed by atoms with Crippen LogP contribution in [0.4, 0.5) is 0 Å². The van der Waals surface area contributed by atoms with E-state index < -0.39 is 15.5 Å². The van der Waals surface area contributed by atoms with E-state index >= 15 is 0 Å². The van der Waals surface area contributed by atoms with Gasteiger partial charge in [0.25, 0.3) is 10.1 Å². The number of rotatable bonds is 5. The molecule has 0 rings (SSSR count). The summed E-state index contributed by atoms with van der Waals surface area (Å²) in [5, 5.41) is -1.16. The van der Waals surface area contributed by atoms with Crippen molar-refractivity contribution in [2.45, 2.75) is 24.6 Å². The summed E-state index contributed by atoms with van der Waals surface area (Å²) >= 11 is 0. The average Bonchev–Trinajstić information content (AvgIpc) is 1.86. The molecule has 0 aliphatic rings. The Hall–Kier alpha value is -0.170. The molecule has 0 bridgehead atoms. The molecule has 0 fully saturated rings. The lowest BCUT2D eigenvalue weighted by Crippen LogP contribution is -2.29. The quantitative estimate of drug-likeness (QED) is 0.384. The van der Waals surface area contributed by atoms with E-state index in [2.05, 4.69) is 0 Å². The minimum atomic E-state index is -4.05. The fraction of sp³-hybridized carbons (Fsp3) is 1.00. The van der Waals surface area contributed by atoms with E-state index in [4.69, 9.17) is 16.0 Å². The maximum absolute atomic E-state index is 10.3. The topological polar surface area (TPSA) is 106 Å². The van der Waals surface area contributed by atoms with E-state index in [1.165, 1.54) is 0 Å². The van der Waals surface area contributed by atoms with Gasteiger partial charge in [0.1, 0.15) is 5.37 Å². The van der Waals surface area contributed by atoms with Crippen molar-refractivity contribution >= 4 is 10.1 Å². The number of hydrogen-bond acceptors (Lipinski definition) is 4. The lowest BCUT2D eigenvalue weighted by Gasteiger charge is -2.06. The van der Waals surface area contributed by atoms with E-state index in [1.54, 1.807) is 0 Å². The summed E-state index contributed by atoms with van der Waals surface area (Å²) in [6.45, 7) is 0.512. The summed E-state index contributed by atoms with van der Waals surface area (Å²) in [6.07, 6.45) is 1.61. The molecule has 0 radical (unpaired) electrons. The molecule has 6 heteroatoms. The normalized spacial score (nSPS) is 14.8. The molecule has 0 saturated carbocycles. The fourth-order valence-electron chi connectivity index (χ4n) is 0.639. The van der Waals surface area contributed by atoms with Crippen molar-refractivity contribution in [1.82, 2.24) is 0 Å². The predicted molar refractivity (Wildman–Crippen MR) is 42.4 cm³/mol. The Bertz CT molecular complexity index is 190. The van der Waals surface area contributed by atoms with Gasteiger partial charge < -0.3 is 11.5 Å². The molecule has 0 aromatic carbocycles. The van der Waals surface area contributed by atoms with Crippen molar-refractivity contribution in [3.8, 4) is 0 Å². The average molecular weight is 182 g/mol. The van der Waals surface area contributed by atoms with Crippen LogP contribution in [-0.2, 0) is 10.1 Å². The summed E-state index contributed by atoms with van der Waals surface area (Å²) in [4.78, 5) is 0. The van der Waals surface area contributed by atoms with E-state index in [9.17, 15) is 8.42 Å². The zero-order valence-electron chi connectivity index (χ0n) is 6.23. The Kier molecular flexibility index (Phi) is 4.58. The Labute approximate surface area is 66.5 Å². The maximum Gasteiger partial charge on any atom is 0.280 e. The highest BCUT2D eigenvalue weighted by molar-refractivity contribution is 7.86.